The van der Waals surface area contributed by atoms with Gasteiger partial charge >= 0.3 is 6.18 Å². The molecule has 0 bridgehead atoms. The lowest BCUT2D eigenvalue weighted by atomic mass is 9.90. The van der Waals surface area contributed by atoms with Crippen LogP contribution in [0.15, 0.2) is 54.9 Å². The average molecular weight is 443 g/mol. The van der Waals surface area contributed by atoms with Crippen molar-refractivity contribution >= 4 is 11.6 Å². The van der Waals surface area contributed by atoms with Gasteiger partial charge in [-0.25, -0.2) is 9.67 Å². The Morgan fingerprint density at radius 1 is 1.06 bits per heavy atom. The number of hydrogen-bond donors (Lipinski definition) is 2. The molecule has 2 N–H and O–H groups in total. The van der Waals surface area contributed by atoms with E-state index in [1.54, 1.807) is 36.0 Å². The fourth-order valence-electron chi connectivity index (χ4n) is 3.97. The third kappa shape index (κ3) is 5.27. The van der Waals surface area contributed by atoms with E-state index < -0.39 is 11.9 Å². The number of amides is 1. The lowest BCUT2D eigenvalue weighted by Gasteiger charge is -2.30. The zero-order valence-electron chi connectivity index (χ0n) is 17.6. The molecular weight excluding hydrogens is 419 g/mol. The van der Waals surface area contributed by atoms with Crippen molar-refractivity contribution in [2.75, 3.05) is 5.32 Å². The second kappa shape index (κ2) is 9.02. The molecule has 3 aromatic rings. The van der Waals surface area contributed by atoms with Gasteiger partial charge in [0.05, 0.1) is 5.69 Å². The summed E-state index contributed by atoms with van der Waals surface area (Å²) in [4.78, 5) is 16.2. The minimum absolute atomic E-state index is 0.0382. The zero-order valence-corrected chi connectivity index (χ0v) is 17.6. The number of aryl methyl sites for hydroxylation is 1. The van der Waals surface area contributed by atoms with Gasteiger partial charge in [-0.2, -0.15) is 18.3 Å². The molecule has 4 rings (SSSR count). The Hall–Kier alpha value is -3.36. The number of anilines is 1. The number of benzene rings is 1. The van der Waals surface area contributed by atoms with E-state index in [1.165, 1.54) is 0 Å². The van der Waals surface area contributed by atoms with Crippen LogP contribution in [0.1, 0.15) is 47.4 Å². The lowest BCUT2D eigenvalue weighted by Crippen LogP contribution is -2.40. The summed E-state index contributed by atoms with van der Waals surface area (Å²) in [6.07, 6.45) is 2.07. The van der Waals surface area contributed by atoms with Crippen LogP contribution in [0.5, 0.6) is 0 Å². The average Bonchev–Trinajstić information content (AvgIpc) is 3.29. The molecule has 0 spiro atoms. The van der Waals surface area contributed by atoms with E-state index in [0.29, 0.717) is 16.9 Å². The van der Waals surface area contributed by atoms with Gasteiger partial charge in [0.2, 0.25) is 0 Å². The minimum atomic E-state index is -4.47. The van der Waals surface area contributed by atoms with Crippen LogP contribution in [0.4, 0.5) is 18.9 Å². The molecule has 6 nitrogen and oxygen atoms in total. The summed E-state index contributed by atoms with van der Waals surface area (Å²) in [6, 6.07) is 11.8. The van der Waals surface area contributed by atoms with Crippen LogP contribution < -0.4 is 10.6 Å². The molecule has 0 saturated heterocycles. The summed E-state index contributed by atoms with van der Waals surface area (Å²) in [5.74, 6) is -0.131. The van der Waals surface area contributed by atoms with Crippen LogP contribution in [0, 0.1) is 6.92 Å². The van der Waals surface area contributed by atoms with Crippen molar-refractivity contribution in [1.29, 1.82) is 0 Å². The molecule has 1 aliphatic carbocycles. The molecule has 0 aliphatic heterocycles. The number of carbonyl (C=O) groups excluding carboxylic acids is 1. The first-order valence-corrected chi connectivity index (χ1v) is 10.5. The molecule has 2 heterocycles. The van der Waals surface area contributed by atoms with Gasteiger partial charge in [0, 0.05) is 41.4 Å². The maximum Gasteiger partial charge on any atom is 0.433 e. The predicted octanol–water partition coefficient (Wildman–Crippen LogP) is 4.75. The van der Waals surface area contributed by atoms with Crippen LogP contribution in [0.3, 0.4) is 0 Å². The molecule has 2 aromatic heterocycles. The smallest absolute Gasteiger partial charge is 0.382 e. The summed E-state index contributed by atoms with van der Waals surface area (Å²) in [7, 11) is 0. The predicted molar refractivity (Wildman–Crippen MR) is 115 cm³/mol. The largest absolute Gasteiger partial charge is 0.433 e. The lowest BCUT2D eigenvalue weighted by molar-refractivity contribution is -0.141. The number of nitrogens with zero attached hydrogens (tertiary/aromatic N) is 3. The Kier molecular flexibility index (Phi) is 6.16. The maximum absolute atomic E-state index is 13.0. The first-order valence-electron chi connectivity index (χ1n) is 10.5. The highest BCUT2D eigenvalue weighted by Gasteiger charge is 2.33. The zero-order chi connectivity index (χ0) is 22.7. The van der Waals surface area contributed by atoms with Crippen LogP contribution >= 0.6 is 0 Å². The van der Waals surface area contributed by atoms with Gasteiger partial charge in [-0.05, 0) is 75.1 Å². The third-order valence-corrected chi connectivity index (χ3v) is 5.58. The highest BCUT2D eigenvalue weighted by atomic mass is 19.4. The normalized spacial score (nSPS) is 18.9. The maximum atomic E-state index is 13.0. The second-order valence-corrected chi connectivity index (χ2v) is 8.04. The Morgan fingerprint density at radius 2 is 1.75 bits per heavy atom. The molecule has 168 valence electrons. The fourth-order valence-corrected chi connectivity index (χ4v) is 3.97. The van der Waals surface area contributed by atoms with Gasteiger partial charge in [-0.3, -0.25) is 4.79 Å². The third-order valence-electron chi connectivity index (χ3n) is 5.58. The van der Waals surface area contributed by atoms with Crippen LogP contribution in [0.25, 0.3) is 5.69 Å². The number of nitrogens with one attached hydrogen (secondary N) is 2. The Labute approximate surface area is 183 Å². The summed E-state index contributed by atoms with van der Waals surface area (Å²) in [5.41, 5.74) is 1.31. The van der Waals surface area contributed by atoms with E-state index in [1.807, 2.05) is 24.4 Å². The van der Waals surface area contributed by atoms with E-state index in [9.17, 15) is 18.0 Å². The number of halogens is 3. The number of carbonyl (C=O) groups is 1. The second-order valence-electron chi connectivity index (χ2n) is 8.04. The van der Waals surface area contributed by atoms with Crippen molar-refractivity contribution in [2.24, 2.45) is 0 Å². The van der Waals surface area contributed by atoms with Crippen molar-refractivity contribution in [3.63, 3.8) is 0 Å². The molecule has 1 saturated carbocycles. The molecular formula is C23H24F3N5O. The summed E-state index contributed by atoms with van der Waals surface area (Å²) in [5, 5.41) is 10.4. The first-order chi connectivity index (χ1) is 15.3. The molecule has 1 aliphatic rings. The number of pyridine rings is 1. The highest BCUT2D eigenvalue weighted by Crippen LogP contribution is 2.31. The van der Waals surface area contributed by atoms with Crippen LogP contribution in [0.2, 0.25) is 0 Å². The van der Waals surface area contributed by atoms with Crippen LogP contribution in [-0.4, -0.2) is 32.8 Å². The molecule has 0 atom stereocenters. The monoisotopic (exact) mass is 443 g/mol. The first kappa shape index (κ1) is 21.9. The summed E-state index contributed by atoms with van der Waals surface area (Å²) in [6.45, 7) is 1.55. The topological polar surface area (TPSA) is 71.8 Å². The van der Waals surface area contributed by atoms with Crippen molar-refractivity contribution in [1.82, 2.24) is 20.1 Å². The number of rotatable bonds is 5. The van der Waals surface area contributed by atoms with E-state index in [-0.39, 0.29) is 18.0 Å². The van der Waals surface area contributed by atoms with Gasteiger partial charge < -0.3 is 10.6 Å². The standard InChI is InChI=1S/C23H24F3N5O/c1-15-13-19(14-21(28-15)23(24,25)26)29-17-5-7-18(8-6-17)30-22(32)16-3-9-20(10-4-16)31-12-2-11-27-31/h2-4,9-14,17-18H,5-8H2,1H3,(H,28,29)(H,30,32)/t17-,18+. The number of hydrogen-bond acceptors (Lipinski definition) is 4. The molecule has 0 unspecified atom stereocenters. The summed E-state index contributed by atoms with van der Waals surface area (Å²) >= 11 is 0. The fraction of sp³-hybridized carbons (Fsp3) is 0.348. The van der Waals surface area contributed by atoms with Crippen molar-refractivity contribution in [2.45, 2.75) is 50.9 Å². The Morgan fingerprint density at radius 3 is 2.38 bits per heavy atom. The van der Waals surface area contributed by atoms with Gasteiger partial charge in [0.15, 0.2) is 0 Å². The van der Waals surface area contributed by atoms with Gasteiger partial charge in [-0.1, -0.05) is 0 Å². The van der Waals surface area contributed by atoms with E-state index in [4.69, 9.17) is 0 Å². The number of aromatic nitrogens is 3. The van der Waals surface area contributed by atoms with E-state index in [0.717, 1.165) is 37.4 Å². The number of alkyl halides is 3. The molecule has 1 amide bonds. The molecule has 32 heavy (non-hydrogen) atoms. The molecule has 1 aromatic carbocycles. The van der Waals surface area contributed by atoms with Gasteiger partial charge in [0.25, 0.3) is 5.91 Å². The summed E-state index contributed by atoms with van der Waals surface area (Å²) < 4.78 is 40.7. The molecule has 1 fully saturated rings. The van der Waals surface area contributed by atoms with Gasteiger partial charge in [-0.15, -0.1) is 0 Å². The Bertz CT molecular complexity index is 1060. The van der Waals surface area contributed by atoms with Crippen molar-refractivity contribution in [3.05, 3.63) is 71.8 Å². The minimum Gasteiger partial charge on any atom is -0.382 e. The van der Waals surface area contributed by atoms with E-state index in [2.05, 4.69) is 20.7 Å². The molecule has 9 heteroatoms. The quantitative estimate of drug-likeness (QED) is 0.597. The van der Waals surface area contributed by atoms with E-state index >= 15 is 0 Å². The Balaban J connectivity index is 1.29. The van der Waals surface area contributed by atoms with Crippen molar-refractivity contribution in [3.8, 4) is 5.69 Å². The van der Waals surface area contributed by atoms with Crippen molar-refractivity contribution < 1.29 is 18.0 Å². The SMILES string of the molecule is Cc1cc(N[C@H]2CC[C@@H](NC(=O)c3ccc(-n4cccn4)cc3)CC2)cc(C(F)(F)F)n1. The molecule has 0 radical (unpaired) electrons. The van der Waals surface area contributed by atoms with Crippen LogP contribution in [-0.2, 0) is 6.18 Å². The van der Waals surface area contributed by atoms with Gasteiger partial charge in [0.1, 0.15) is 5.69 Å². The highest BCUT2D eigenvalue weighted by molar-refractivity contribution is 5.94.